The monoisotopic (exact) mass is 386 g/mol. The van der Waals surface area contributed by atoms with Gasteiger partial charge < -0.3 is 14.6 Å². The van der Waals surface area contributed by atoms with Gasteiger partial charge in [-0.2, -0.15) is 0 Å². The van der Waals surface area contributed by atoms with Crippen LogP contribution in [-0.4, -0.2) is 21.9 Å². The predicted molar refractivity (Wildman–Crippen MR) is 107 cm³/mol. The lowest BCUT2D eigenvalue weighted by atomic mass is 9.43. The van der Waals surface area contributed by atoms with Crippen LogP contribution in [0.4, 0.5) is 0 Å². The Balaban J connectivity index is 1.48. The van der Waals surface area contributed by atoms with Crippen LogP contribution in [0.5, 0.6) is 0 Å². The zero-order chi connectivity index (χ0) is 19.7. The molecule has 0 amide bonds. The Kier molecular flexibility index (Phi) is 4.17. The fraction of sp³-hybridized carbons (Fsp3) is 0.792. The van der Waals surface area contributed by atoms with Crippen LogP contribution in [0.2, 0.25) is 0 Å². The molecule has 28 heavy (non-hydrogen) atoms. The third kappa shape index (κ3) is 2.40. The third-order valence-electron chi connectivity index (χ3n) is 9.95. The van der Waals surface area contributed by atoms with E-state index in [-0.39, 0.29) is 28.5 Å². The second-order valence-corrected chi connectivity index (χ2v) is 10.8. The molecule has 0 radical (unpaired) electrons. The summed E-state index contributed by atoms with van der Waals surface area (Å²) in [5.74, 6) is 1.76. The number of fused-ring (bicyclic) bond motifs is 5. The van der Waals surface area contributed by atoms with Gasteiger partial charge in [0.2, 0.25) is 0 Å². The van der Waals surface area contributed by atoms with Crippen molar-refractivity contribution in [3.05, 3.63) is 34.4 Å². The van der Waals surface area contributed by atoms with Crippen molar-refractivity contribution < 1.29 is 14.6 Å². The summed E-state index contributed by atoms with van der Waals surface area (Å²) >= 11 is 0. The molecule has 0 aliphatic heterocycles. The molecule has 4 nitrogen and oxygen atoms in total. The largest absolute Gasteiger partial charge is 0.431 e. The summed E-state index contributed by atoms with van der Waals surface area (Å²) in [6.07, 6.45) is 10.7. The average Bonchev–Trinajstić information content (AvgIpc) is 2.95. The number of aliphatic hydroxyl groups excluding tert-OH is 1. The van der Waals surface area contributed by atoms with E-state index in [0.29, 0.717) is 17.8 Å². The lowest BCUT2D eigenvalue weighted by Crippen LogP contribution is -2.62. The second kappa shape index (κ2) is 6.18. The van der Waals surface area contributed by atoms with Gasteiger partial charge in [0.05, 0.1) is 18.0 Å². The second-order valence-electron chi connectivity index (χ2n) is 10.8. The minimum absolute atomic E-state index is 0.129. The molecule has 4 aliphatic rings. The van der Waals surface area contributed by atoms with E-state index in [1.165, 1.54) is 12.5 Å². The highest BCUT2D eigenvalue weighted by Crippen LogP contribution is 2.70. The van der Waals surface area contributed by atoms with Crippen molar-refractivity contribution in [2.45, 2.75) is 89.3 Å². The lowest BCUT2D eigenvalue weighted by molar-refractivity contribution is -0.205. The van der Waals surface area contributed by atoms with Gasteiger partial charge in [0.25, 0.3) is 0 Å². The first-order valence-electron chi connectivity index (χ1n) is 11.3. The normalized spacial score (nSPS) is 50.5. The molecule has 1 aromatic heterocycles. The summed E-state index contributed by atoms with van der Waals surface area (Å²) in [6.45, 7) is 4.73. The molecular formula is C24H34O4. The topological polar surface area (TPSA) is 70.7 Å². The van der Waals surface area contributed by atoms with E-state index in [2.05, 4.69) is 13.8 Å². The maximum absolute atomic E-state index is 12.2. The summed E-state index contributed by atoms with van der Waals surface area (Å²) in [5, 5.41) is 22.4. The van der Waals surface area contributed by atoms with E-state index in [1.807, 2.05) is 6.07 Å². The van der Waals surface area contributed by atoms with Crippen molar-refractivity contribution in [2.75, 3.05) is 0 Å². The molecule has 0 bridgehead atoms. The van der Waals surface area contributed by atoms with Gasteiger partial charge in [-0.25, -0.2) is 4.79 Å². The molecule has 154 valence electrons. The SMILES string of the molecule is C[C@]12CC[C@H](O)C[C@H]1CC[C@@H]1[C@@H]2CC[C@]2(C)[C@H](c3ccc(=O)oc3)CC[C@@]12O. The molecule has 0 saturated heterocycles. The average molecular weight is 387 g/mol. The van der Waals surface area contributed by atoms with E-state index < -0.39 is 5.60 Å². The van der Waals surface area contributed by atoms with Gasteiger partial charge in [0.15, 0.2) is 0 Å². The minimum Gasteiger partial charge on any atom is -0.431 e. The van der Waals surface area contributed by atoms with Gasteiger partial charge in [-0.3, -0.25) is 0 Å². The van der Waals surface area contributed by atoms with Crippen LogP contribution in [0, 0.1) is 28.6 Å². The molecule has 5 rings (SSSR count). The number of aliphatic hydroxyl groups is 2. The summed E-state index contributed by atoms with van der Waals surface area (Å²) in [6, 6.07) is 3.42. The first-order chi connectivity index (χ1) is 13.3. The van der Waals surface area contributed by atoms with Crippen LogP contribution in [0.1, 0.15) is 83.1 Å². The maximum Gasteiger partial charge on any atom is 0.335 e. The molecule has 2 N–H and O–H groups in total. The Morgan fingerprint density at radius 1 is 1.00 bits per heavy atom. The van der Waals surface area contributed by atoms with Gasteiger partial charge in [-0.05, 0) is 98.5 Å². The highest BCUT2D eigenvalue weighted by Gasteiger charge is 2.67. The van der Waals surface area contributed by atoms with Gasteiger partial charge in [0, 0.05) is 11.5 Å². The minimum atomic E-state index is -0.638. The molecule has 8 atom stereocenters. The van der Waals surface area contributed by atoms with Crippen LogP contribution in [0.25, 0.3) is 0 Å². The molecule has 4 heteroatoms. The summed E-state index contributed by atoms with van der Waals surface area (Å²) in [7, 11) is 0. The zero-order valence-corrected chi connectivity index (χ0v) is 17.2. The molecule has 4 fully saturated rings. The van der Waals surface area contributed by atoms with Crippen LogP contribution in [0.15, 0.2) is 27.6 Å². The fourth-order valence-electron chi connectivity index (χ4n) is 8.30. The summed E-state index contributed by atoms with van der Waals surface area (Å²) in [4.78, 5) is 11.4. The Labute approximate surface area is 167 Å². The zero-order valence-electron chi connectivity index (χ0n) is 17.2. The molecule has 4 aliphatic carbocycles. The number of rotatable bonds is 1. The lowest BCUT2D eigenvalue weighted by Gasteiger charge is -2.63. The fourth-order valence-corrected chi connectivity index (χ4v) is 8.30. The van der Waals surface area contributed by atoms with E-state index >= 15 is 0 Å². The predicted octanol–water partition coefficient (Wildman–Crippen LogP) is 4.24. The summed E-state index contributed by atoms with van der Waals surface area (Å²) < 4.78 is 5.17. The molecule has 4 saturated carbocycles. The summed E-state index contributed by atoms with van der Waals surface area (Å²) in [5.41, 5.74) is 0.219. The molecular weight excluding hydrogens is 352 g/mol. The number of hydrogen-bond acceptors (Lipinski definition) is 4. The highest BCUT2D eigenvalue weighted by molar-refractivity contribution is 5.27. The Bertz CT molecular complexity index is 797. The van der Waals surface area contributed by atoms with Crippen molar-refractivity contribution in [3.63, 3.8) is 0 Å². The van der Waals surface area contributed by atoms with Crippen molar-refractivity contribution in [1.29, 1.82) is 0 Å². The molecule has 0 unspecified atom stereocenters. The van der Waals surface area contributed by atoms with Crippen LogP contribution in [0.3, 0.4) is 0 Å². The molecule has 1 heterocycles. The quantitative estimate of drug-likeness (QED) is 0.757. The molecule has 0 spiro atoms. The molecule has 1 aromatic rings. The Morgan fingerprint density at radius 2 is 1.82 bits per heavy atom. The van der Waals surface area contributed by atoms with Crippen LogP contribution >= 0.6 is 0 Å². The van der Waals surface area contributed by atoms with Gasteiger partial charge in [0.1, 0.15) is 0 Å². The van der Waals surface area contributed by atoms with Crippen molar-refractivity contribution in [2.24, 2.45) is 28.6 Å². The Hall–Kier alpha value is -1.13. The van der Waals surface area contributed by atoms with E-state index in [1.54, 1.807) is 6.26 Å². The maximum atomic E-state index is 12.2. The van der Waals surface area contributed by atoms with Gasteiger partial charge in [-0.15, -0.1) is 0 Å². The first-order valence-corrected chi connectivity index (χ1v) is 11.3. The number of hydrogen-bond donors (Lipinski definition) is 2. The van der Waals surface area contributed by atoms with Crippen molar-refractivity contribution in [3.8, 4) is 0 Å². The van der Waals surface area contributed by atoms with Crippen LogP contribution < -0.4 is 5.63 Å². The van der Waals surface area contributed by atoms with Crippen molar-refractivity contribution in [1.82, 2.24) is 0 Å². The van der Waals surface area contributed by atoms with Gasteiger partial charge >= 0.3 is 5.63 Å². The van der Waals surface area contributed by atoms with E-state index in [0.717, 1.165) is 56.9 Å². The third-order valence-corrected chi connectivity index (χ3v) is 9.95. The first kappa shape index (κ1) is 18.9. The Morgan fingerprint density at radius 3 is 2.57 bits per heavy atom. The highest BCUT2D eigenvalue weighted by atomic mass is 16.4. The smallest absolute Gasteiger partial charge is 0.335 e. The van der Waals surface area contributed by atoms with E-state index in [9.17, 15) is 15.0 Å². The van der Waals surface area contributed by atoms with E-state index in [4.69, 9.17) is 4.42 Å². The molecule has 0 aromatic carbocycles. The standard InChI is InChI=1S/C24H34O4/c1-22-10-7-17(25)13-16(22)4-5-20-19(22)8-11-23(2)18(9-12-24(20,23)27)15-3-6-21(26)28-14-15/h3,6,14,16-20,25,27H,4-5,7-13H2,1-2H3/t16-,17+,18+,19+,20-,22+,23-,24-/m1/s1. The van der Waals surface area contributed by atoms with Gasteiger partial charge in [-0.1, -0.05) is 13.8 Å². The van der Waals surface area contributed by atoms with Crippen molar-refractivity contribution >= 4 is 0 Å². The van der Waals surface area contributed by atoms with Crippen LogP contribution in [-0.2, 0) is 0 Å².